The second kappa shape index (κ2) is 3.15. The van der Waals surface area contributed by atoms with Crippen LogP contribution in [0, 0.1) is 6.23 Å². The van der Waals surface area contributed by atoms with Crippen molar-refractivity contribution in [2.24, 2.45) is 0 Å². The highest BCUT2D eigenvalue weighted by Crippen LogP contribution is 2.05. The van der Waals surface area contributed by atoms with Crippen molar-refractivity contribution >= 4 is 0 Å². The van der Waals surface area contributed by atoms with E-state index in [1.165, 1.54) is 0 Å². The fraction of sp³-hybridized carbons (Fsp3) is 0.833. The Balaban J connectivity index is 2.23. The SMILES string of the molecule is CN(C)[C]1CNCCO1. The van der Waals surface area contributed by atoms with Gasteiger partial charge in [-0.25, -0.2) is 0 Å². The number of rotatable bonds is 1. The van der Waals surface area contributed by atoms with E-state index in [2.05, 4.69) is 5.32 Å². The Morgan fingerprint density at radius 1 is 1.56 bits per heavy atom. The molecule has 0 unspecified atom stereocenters. The first-order valence-electron chi connectivity index (χ1n) is 3.17. The summed E-state index contributed by atoms with van der Waals surface area (Å²) >= 11 is 0. The van der Waals surface area contributed by atoms with Crippen LogP contribution in [0.1, 0.15) is 0 Å². The van der Waals surface area contributed by atoms with Gasteiger partial charge in [0, 0.05) is 13.1 Å². The minimum Gasteiger partial charge on any atom is -0.353 e. The molecule has 0 atom stereocenters. The van der Waals surface area contributed by atoms with Crippen molar-refractivity contribution in [3.63, 3.8) is 0 Å². The first-order valence-corrected chi connectivity index (χ1v) is 3.17. The van der Waals surface area contributed by atoms with E-state index >= 15 is 0 Å². The summed E-state index contributed by atoms with van der Waals surface area (Å²) in [5.41, 5.74) is 0. The third kappa shape index (κ3) is 1.93. The molecule has 53 valence electrons. The van der Waals surface area contributed by atoms with Gasteiger partial charge in [0.25, 0.3) is 0 Å². The van der Waals surface area contributed by atoms with Gasteiger partial charge in [-0.3, -0.25) is 4.90 Å². The maximum atomic E-state index is 5.32. The van der Waals surface area contributed by atoms with E-state index in [1.54, 1.807) is 0 Å². The van der Waals surface area contributed by atoms with Crippen molar-refractivity contribution in [1.29, 1.82) is 0 Å². The summed E-state index contributed by atoms with van der Waals surface area (Å²) in [6, 6.07) is 0. The zero-order valence-electron chi connectivity index (χ0n) is 5.98. The Labute approximate surface area is 56.0 Å². The van der Waals surface area contributed by atoms with E-state index in [-0.39, 0.29) is 0 Å². The van der Waals surface area contributed by atoms with E-state index in [1.807, 2.05) is 19.0 Å². The third-order valence-corrected chi connectivity index (χ3v) is 1.32. The molecule has 1 saturated heterocycles. The van der Waals surface area contributed by atoms with Crippen molar-refractivity contribution in [3.05, 3.63) is 6.23 Å². The molecular formula is C6H13N2O. The van der Waals surface area contributed by atoms with Crippen LogP contribution in [0.2, 0.25) is 0 Å². The monoisotopic (exact) mass is 129 g/mol. The van der Waals surface area contributed by atoms with Crippen molar-refractivity contribution in [3.8, 4) is 0 Å². The van der Waals surface area contributed by atoms with Gasteiger partial charge >= 0.3 is 0 Å². The van der Waals surface area contributed by atoms with Crippen LogP contribution in [-0.4, -0.2) is 38.7 Å². The van der Waals surface area contributed by atoms with Crippen LogP contribution in [0.25, 0.3) is 0 Å². The molecule has 3 nitrogen and oxygen atoms in total. The lowest BCUT2D eigenvalue weighted by Crippen LogP contribution is -2.40. The quantitative estimate of drug-likeness (QED) is 0.524. The van der Waals surface area contributed by atoms with Crippen LogP contribution in [0.15, 0.2) is 0 Å². The van der Waals surface area contributed by atoms with Gasteiger partial charge in [0.2, 0.25) is 0 Å². The lowest BCUT2D eigenvalue weighted by Gasteiger charge is -2.27. The summed E-state index contributed by atoms with van der Waals surface area (Å²) in [5.74, 6) is 0. The lowest BCUT2D eigenvalue weighted by atomic mass is 10.4. The highest BCUT2D eigenvalue weighted by molar-refractivity contribution is 4.80. The minimum atomic E-state index is 0.799. The van der Waals surface area contributed by atoms with Gasteiger partial charge < -0.3 is 10.1 Å². The lowest BCUT2D eigenvalue weighted by molar-refractivity contribution is 0.0374. The summed E-state index contributed by atoms with van der Waals surface area (Å²) in [6.45, 7) is 2.64. The maximum absolute atomic E-state index is 5.32. The molecule has 3 heteroatoms. The second-order valence-electron chi connectivity index (χ2n) is 2.31. The van der Waals surface area contributed by atoms with Crippen molar-refractivity contribution in [2.45, 2.75) is 0 Å². The molecule has 1 radical (unpaired) electrons. The third-order valence-electron chi connectivity index (χ3n) is 1.32. The van der Waals surface area contributed by atoms with Gasteiger partial charge in [-0.1, -0.05) is 0 Å². The molecule has 1 N–H and O–H groups in total. The van der Waals surface area contributed by atoms with Crippen LogP contribution < -0.4 is 5.32 Å². The summed E-state index contributed by atoms with van der Waals surface area (Å²) in [4.78, 5) is 1.99. The molecule has 1 rings (SSSR count). The fourth-order valence-electron chi connectivity index (χ4n) is 0.775. The number of ether oxygens (including phenoxy) is 1. The second-order valence-corrected chi connectivity index (χ2v) is 2.31. The number of nitrogens with one attached hydrogen (secondary N) is 1. The highest BCUT2D eigenvalue weighted by Gasteiger charge is 2.15. The highest BCUT2D eigenvalue weighted by atomic mass is 16.5. The smallest absolute Gasteiger partial charge is 0.177 e. The molecule has 9 heavy (non-hydrogen) atoms. The van der Waals surface area contributed by atoms with Gasteiger partial charge in [0.05, 0.1) is 6.61 Å². The topological polar surface area (TPSA) is 24.5 Å². The zero-order chi connectivity index (χ0) is 6.69. The first-order chi connectivity index (χ1) is 4.30. The fourth-order valence-corrected chi connectivity index (χ4v) is 0.775. The largest absolute Gasteiger partial charge is 0.353 e. The van der Waals surface area contributed by atoms with Gasteiger partial charge in [0.15, 0.2) is 6.23 Å². The van der Waals surface area contributed by atoms with Crippen LogP contribution in [0.5, 0.6) is 0 Å². The number of morpholine rings is 1. The summed E-state index contributed by atoms with van der Waals surface area (Å²) in [6.07, 6.45) is 1.03. The van der Waals surface area contributed by atoms with E-state index in [9.17, 15) is 0 Å². The van der Waals surface area contributed by atoms with Crippen LogP contribution >= 0.6 is 0 Å². The Morgan fingerprint density at radius 2 is 2.33 bits per heavy atom. The molecule has 1 aliphatic rings. The zero-order valence-corrected chi connectivity index (χ0v) is 5.98. The van der Waals surface area contributed by atoms with Gasteiger partial charge in [-0.15, -0.1) is 0 Å². The van der Waals surface area contributed by atoms with Gasteiger partial charge in [-0.2, -0.15) is 0 Å². The first kappa shape index (κ1) is 6.99. The molecule has 1 aliphatic heterocycles. The molecule has 1 heterocycles. The van der Waals surface area contributed by atoms with Crippen LogP contribution in [-0.2, 0) is 4.74 Å². The Morgan fingerprint density at radius 3 is 2.67 bits per heavy atom. The number of hydrogen-bond acceptors (Lipinski definition) is 3. The normalized spacial score (nSPS) is 23.0. The van der Waals surface area contributed by atoms with Crippen molar-refractivity contribution in [1.82, 2.24) is 10.2 Å². The van der Waals surface area contributed by atoms with Crippen LogP contribution in [0.4, 0.5) is 0 Å². The molecular weight excluding hydrogens is 116 g/mol. The molecule has 0 bridgehead atoms. The molecule has 1 fully saturated rings. The molecule has 0 aromatic carbocycles. The summed E-state index contributed by atoms with van der Waals surface area (Å²) < 4.78 is 5.32. The van der Waals surface area contributed by atoms with E-state index in [0.717, 1.165) is 25.9 Å². The summed E-state index contributed by atoms with van der Waals surface area (Å²) in [7, 11) is 3.98. The van der Waals surface area contributed by atoms with E-state index in [0.29, 0.717) is 0 Å². The van der Waals surface area contributed by atoms with Crippen LogP contribution in [0.3, 0.4) is 0 Å². The predicted octanol–water partition coefficient (Wildman–Crippen LogP) is -0.343. The number of nitrogens with zero attached hydrogens (tertiary/aromatic N) is 1. The van der Waals surface area contributed by atoms with Gasteiger partial charge in [0.1, 0.15) is 0 Å². The minimum absolute atomic E-state index is 0.799. The molecule has 0 aromatic heterocycles. The van der Waals surface area contributed by atoms with Crippen molar-refractivity contribution < 1.29 is 4.74 Å². The average Bonchev–Trinajstić information content (AvgIpc) is 1.90. The number of likely N-dealkylation sites (N-methyl/N-ethyl adjacent to an activating group) is 1. The molecule has 0 saturated carbocycles. The Hall–Kier alpha value is -0.120. The van der Waals surface area contributed by atoms with E-state index < -0.39 is 0 Å². The molecule has 0 amide bonds. The molecule has 0 spiro atoms. The summed E-state index contributed by atoms with van der Waals surface area (Å²) in [5, 5.41) is 3.21. The van der Waals surface area contributed by atoms with E-state index in [4.69, 9.17) is 4.74 Å². The standard InChI is InChI=1S/C6H13N2O/c1-8(2)6-5-7-3-4-9-6/h7H,3-5H2,1-2H3. The predicted molar refractivity (Wildman–Crippen MR) is 35.8 cm³/mol. The van der Waals surface area contributed by atoms with Gasteiger partial charge in [-0.05, 0) is 14.1 Å². The maximum Gasteiger partial charge on any atom is 0.177 e. The average molecular weight is 129 g/mol. The van der Waals surface area contributed by atoms with Crippen molar-refractivity contribution in [2.75, 3.05) is 33.8 Å². The Kier molecular flexibility index (Phi) is 2.45. The molecule has 0 aromatic rings. The molecule has 0 aliphatic carbocycles. The number of hydrogen-bond donors (Lipinski definition) is 1. The Bertz CT molecular complexity index is 79.1.